The fourth-order valence-electron chi connectivity index (χ4n) is 0.984. The van der Waals surface area contributed by atoms with Crippen molar-refractivity contribution < 1.29 is 4.79 Å². The summed E-state index contributed by atoms with van der Waals surface area (Å²) in [4.78, 5) is 11.5. The first kappa shape index (κ1) is 11.0. The monoisotopic (exact) mass is 253 g/mol. The van der Waals surface area contributed by atoms with Crippen molar-refractivity contribution in [2.45, 2.75) is 13.3 Å². The summed E-state index contributed by atoms with van der Waals surface area (Å²) < 4.78 is 0.573. The third kappa shape index (κ3) is 3.34. The summed E-state index contributed by atoms with van der Waals surface area (Å²) in [5, 5.41) is 2.77. The van der Waals surface area contributed by atoms with Gasteiger partial charge < -0.3 is 5.32 Å². The summed E-state index contributed by atoms with van der Waals surface area (Å²) in [5.41, 5.74) is 0.805. The zero-order valence-corrected chi connectivity index (χ0v) is 9.54. The van der Waals surface area contributed by atoms with Gasteiger partial charge in [0.05, 0.1) is 4.48 Å². The van der Waals surface area contributed by atoms with Crippen molar-refractivity contribution >= 4 is 27.5 Å². The summed E-state index contributed by atoms with van der Waals surface area (Å²) in [7, 11) is 0. The van der Waals surface area contributed by atoms with Crippen LogP contribution in [-0.4, -0.2) is 5.91 Å². The standard InChI is InChI=1S/C11H12BrNO/c1-2-6-10(12)11(14)13-9-7-4-3-5-8-9/h3-8H,2H2,1H3,(H,13,14). The summed E-state index contributed by atoms with van der Waals surface area (Å²) in [5.74, 6) is -0.113. The zero-order valence-electron chi connectivity index (χ0n) is 7.96. The maximum absolute atomic E-state index is 11.5. The number of benzene rings is 1. The van der Waals surface area contributed by atoms with Crippen LogP contribution in [0.3, 0.4) is 0 Å². The highest BCUT2D eigenvalue weighted by molar-refractivity contribution is 9.12. The van der Waals surface area contributed by atoms with Crippen LogP contribution in [0.2, 0.25) is 0 Å². The first-order valence-electron chi connectivity index (χ1n) is 4.46. The van der Waals surface area contributed by atoms with E-state index in [1.807, 2.05) is 43.3 Å². The Bertz CT molecular complexity index is 332. The van der Waals surface area contributed by atoms with Crippen LogP contribution in [0.15, 0.2) is 40.9 Å². The summed E-state index contributed by atoms with van der Waals surface area (Å²) >= 11 is 3.21. The van der Waals surface area contributed by atoms with Gasteiger partial charge in [0.15, 0.2) is 0 Å². The van der Waals surface area contributed by atoms with E-state index in [0.29, 0.717) is 4.48 Å². The maximum atomic E-state index is 11.5. The molecule has 2 nitrogen and oxygen atoms in total. The molecule has 1 rings (SSSR count). The molecule has 1 aromatic rings. The van der Waals surface area contributed by atoms with Gasteiger partial charge in [0.25, 0.3) is 5.91 Å². The van der Waals surface area contributed by atoms with Crippen LogP contribution in [0.5, 0.6) is 0 Å². The summed E-state index contributed by atoms with van der Waals surface area (Å²) in [6, 6.07) is 9.38. The van der Waals surface area contributed by atoms with Crippen LogP contribution in [0.1, 0.15) is 13.3 Å². The molecule has 0 radical (unpaired) electrons. The van der Waals surface area contributed by atoms with E-state index < -0.39 is 0 Å². The van der Waals surface area contributed by atoms with Crippen LogP contribution in [0.4, 0.5) is 5.69 Å². The van der Waals surface area contributed by atoms with Crippen LogP contribution in [0.25, 0.3) is 0 Å². The minimum atomic E-state index is -0.113. The molecule has 0 aliphatic rings. The highest BCUT2D eigenvalue weighted by Gasteiger charge is 2.04. The van der Waals surface area contributed by atoms with Crippen molar-refractivity contribution in [1.82, 2.24) is 0 Å². The fraction of sp³-hybridized carbons (Fsp3) is 0.182. The molecule has 0 aliphatic heterocycles. The van der Waals surface area contributed by atoms with Gasteiger partial charge in [-0.05, 0) is 34.5 Å². The normalized spacial score (nSPS) is 11.1. The van der Waals surface area contributed by atoms with E-state index in [4.69, 9.17) is 0 Å². The zero-order chi connectivity index (χ0) is 10.4. The summed E-state index contributed by atoms with van der Waals surface area (Å²) in [6.07, 6.45) is 2.67. The number of allylic oxidation sites excluding steroid dienone is 1. The van der Waals surface area contributed by atoms with Gasteiger partial charge in [0, 0.05) is 5.69 Å². The summed E-state index contributed by atoms with van der Waals surface area (Å²) in [6.45, 7) is 1.98. The molecular weight excluding hydrogens is 242 g/mol. The Balaban J connectivity index is 2.62. The van der Waals surface area contributed by atoms with Gasteiger partial charge >= 0.3 is 0 Å². The third-order valence-electron chi connectivity index (χ3n) is 1.63. The molecule has 3 heteroatoms. The second-order valence-electron chi connectivity index (χ2n) is 2.78. The second-order valence-corrected chi connectivity index (χ2v) is 3.63. The van der Waals surface area contributed by atoms with Crippen molar-refractivity contribution in [3.05, 3.63) is 40.9 Å². The second kappa shape index (κ2) is 5.60. The van der Waals surface area contributed by atoms with Gasteiger partial charge in [-0.25, -0.2) is 0 Å². The third-order valence-corrected chi connectivity index (χ3v) is 2.32. The van der Waals surface area contributed by atoms with Crippen LogP contribution >= 0.6 is 15.9 Å². The average Bonchev–Trinajstić information content (AvgIpc) is 2.19. The Morgan fingerprint density at radius 2 is 2.07 bits per heavy atom. The molecule has 1 aromatic carbocycles. The van der Waals surface area contributed by atoms with Gasteiger partial charge in [0.2, 0.25) is 0 Å². The Morgan fingerprint density at radius 1 is 1.43 bits per heavy atom. The van der Waals surface area contributed by atoms with Gasteiger partial charge in [-0.3, -0.25) is 4.79 Å². The molecule has 1 amide bonds. The van der Waals surface area contributed by atoms with Gasteiger partial charge in [-0.1, -0.05) is 31.2 Å². The highest BCUT2D eigenvalue weighted by Crippen LogP contribution is 2.11. The van der Waals surface area contributed by atoms with E-state index in [1.165, 1.54) is 0 Å². The van der Waals surface area contributed by atoms with Crippen molar-refractivity contribution in [2.24, 2.45) is 0 Å². The van der Waals surface area contributed by atoms with E-state index in [9.17, 15) is 4.79 Å². The number of carbonyl (C=O) groups excluding carboxylic acids is 1. The van der Waals surface area contributed by atoms with E-state index in [0.717, 1.165) is 12.1 Å². The van der Waals surface area contributed by atoms with Crippen molar-refractivity contribution in [3.63, 3.8) is 0 Å². The lowest BCUT2D eigenvalue weighted by atomic mass is 10.3. The average molecular weight is 254 g/mol. The molecular formula is C11H12BrNO. The lowest BCUT2D eigenvalue weighted by Gasteiger charge is -2.03. The van der Waals surface area contributed by atoms with Crippen LogP contribution < -0.4 is 5.32 Å². The van der Waals surface area contributed by atoms with Gasteiger partial charge in [-0.15, -0.1) is 0 Å². The molecule has 0 aromatic heterocycles. The molecule has 0 atom stereocenters. The maximum Gasteiger partial charge on any atom is 0.262 e. The van der Waals surface area contributed by atoms with Crippen LogP contribution in [0, 0.1) is 0 Å². The molecule has 74 valence electrons. The molecule has 0 saturated heterocycles. The molecule has 14 heavy (non-hydrogen) atoms. The van der Waals surface area contributed by atoms with Crippen LogP contribution in [-0.2, 0) is 4.79 Å². The molecule has 0 spiro atoms. The number of hydrogen-bond acceptors (Lipinski definition) is 1. The van der Waals surface area contributed by atoms with Gasteiger partial charge in [-0.2, -0.15) is 0 Å². The predicted molar refractivity (Wildman–Crippen MR) is 62.4 cm³/mol. The molecule has 1 N–H and O–H groups in total. The molecule has 0 fully saturated rings. The number of halogens is 1. The Hall–Kier alpha value is -1.09. The molecule has 0 bridgehead atoms. The molecule has 0 saturated carbocycles. The van der Waals surface area contributed by atoms with E-state index >= 15 is 0 Å². The number of amides is 1. The topological polar surface area (TPSA) is 29.1 Å². The van der Waals surface area contributed by atoms with Crippen molar-refractivity contribution in [1.29, 1.82) is 0 Å². The number of hydrogen-bond donors (Lipinski definition) is 1. The van der Waals surface area contributed by atoms with Crippen molar-refractivity contribution in [2.75, 3.05) is 5.32 Å². The van der Waals surface area contributed by atoms with E-state index in [-0.39, 0.29) is 5.91 Å². The number of para-hydroxylation sites is 1. The SMILES string of the molecule is CCC=C(Br)C(=O)Nc1ccccc1. The Kier molecular flexibility index (Phi) is 4.40. The lowest BCUT2D eigenvalue weighted by Crippen LogP contribution is -2.10. The smallest absolute Gasteiger partial charge is 0.262 e. The molecule has 0 aliphatic carbocycles. The number of nitrogens with one attached hydrogen (secondary N) is 1. The van der Waals surface area contributed by atoms with Crippen molar-refractivity contribution in [3.8, 4) is 0 Å². The minimum Gasteiger partial charge on any atom is -0.322 e. The Morgan fingerprint density at radius 3 is 2.64 bits per heavy atom. The van der Waals surface area contributed by atoms with E-state index in [2.05, 4.69) is 21.2 Å². The number of rotatable bonds is 3. The Labute approximate surface area is 92.1 Å². The number of anilines is 1. The number of carbonyl (C=O) groups is 1. The molecule has 0 unspecified atom stereocenters. The minimum absolute atomic E-state index is 0.113. The fourth-order valence-corrected chi connectivity index (χ4v) is 1.41. The first-order chi connectivity index (χ1) is 6.74. The van der Waals surface area contributed by atoms with Gasteiger partial charge in [0.1, 0.15) is 0 Å². The quantitative estimate of drug-likeness (QED) is 0.823. The largest absolute Gasteiger partial charge is 0.322 e. The highest BCUT2D eigenvalue weighted by atomic mass is 79.9. The predicted octanol–water partition coefficient (Wildman–Crippen LogP) is 3.31. The molecule has 0 heterocycles. The van der Waals surface area contributed by atoms with E-state index in [1.54, 1.807) is 0 Å². The lowest BCUT2D eigenvalue weighted by molar-refractivity contribution is -0.112. The first-order valence-corrected chi connectivity index (χ1v) is 5.25.